The van der Waals surface area contributed by atoms with Crippen molar-refractivity contribution in [1.82, 2.24) is 4.90 Å². The van der Waals surface area contributed by atoms with E-state index in [0.717, 1.165) is 11.1 Å². The van der Waals surface area contributed by atoms with Crippen LogP contribution < -0.4 is 5.73 Å². The highest BCUT2D eigenvalue weighted by Gasteiger charge is 2.14. The van der Waals surface area contributed by atoms with Crippen LogP contribution in [0, 0.1) is 18.8 Å². The van der Waals surface area contributed by atoms with Crippen molar-refractivity contribution in [2.24, 2.45) is 5.73 Å². The Kier molecular flexibility index (Phi) is 6.93. The van der Waals surface area contributed by atoms with E-state index in [2.05, 4.69) is 11.8 Å². The number of carbonyl (C=O) groups is 1. The molecular formula is C17H24N2O2. The molecule has 0 aromatic heterocycles. The van der Waals surface area contributed by atoms with Crippen LogP contribution in [0.25, 0.3) is 0 Å². The highest BCUT2D eigenvalue weighted by Crippen LogP contribution is 2.13. The van der Waals surface area contributed by atoms with E-state index in [1.807, 2.05) is 39.0 Å². The van der Waals surface area contributed by atoms with Crippen molar-refractivity contribution in [2.75, 3.05) is 26.7 Å². The molecule has 1 rings (SSSR count). The highest BCUT2D eigenvalue weighted by molar-refractivity contribution is 5.95. The Morgan fingerprint density at radius 3 is 2.76 bits per heavy atom. The van der Waals surface area contributed by atoms with Gasteiger partial charge in [-0.15, -0.1) is 0 Å². The van der Waals surface area contributed by atoms with Crippen LogP contribution in [0.5, 0.6) is 0 Å². The normalized spacial score (nSPS) is 10.2. The van der Waals surface area contributed by atoms with Gasteiger partial charge in [0, 0.05) is 24.7 Å². The van der Waals surface area contributed by atoms with E-state index in [1.165, 1.54) is 0 Å². The van der Waals surface area contributed by atoms with Gasteiger partial charge in [0.25, 0.3) is 5.91 Å². The van der Waals surface area contributed by atoms with Gasteiger partial charge >= 0.3 is 0 Å². The Morgan fingerprint density at radius 1 is 1.43 bits per heavy atom. The molecule has 0 aliphatic heterocycles. The summed E-state index contributed by atoms with van der Waals surface area (Å²) in [6.45, 7) is 7.29. The van der Waals surface area contributed by atoms with Gasteiger partial charge in [0.1, 0.15) is 0 Å². The summed E-state index contributed by atoms with van der Waals surface area (Å²) in [5.41, 5.74) is 7.79. The first-order chi connectivity index (χ1) is 9.95. The summed E-state index contributed by atoms with van der Waals surface area (Å²) in [6.07, 6.45) is 0.171. The molecule has 0 saturated heterocycles. The molecule has 0 radical (unpaired) electrons. The summed E-state index contributed by atoms with van der Waals surface area (Å²) in [6, 6.07) is 5.63. The lowest BCUT2D eigenvalue weighted by molar-refractivity contribution is 0.0531. The van der Waals surface area contributed by atoms with Crippen molar-refractivity contribution in [3.63, 3.8) is 0 Å². The molecule has 114 valence electrons. The molecule has 0 spiro atoms. The molecule has 1 aromatic rings. The second-order valence-corrected chi connectivity index (χ2v) is 5.18. The molecule has 2 N–H and O–H groups in total. The van der Waals surface area contributed by atoms with Crippen molar-refractivity contribution < 1.29 is 9.53 Å². The minimum Gasteiger partial charge on any atom is -0.377 e. The van der Waals surface area contributed by atoms with Crippen LogP contribution >= 0.6 is 0 Å². The van der Waals surface area contributed by atoms with Crippen LogP contribution in [-0.4, -0.2) is 43.7 Å². The molecule has 1 aromatic carbocycles. The smallest absolute Gasteiger partial charge is 0.253 e. The first-order valence-corrected chi connectivity index (χ1v) is 7.12. The minimum atomic E-state index is -0.0174. The Hall–Kier alpha value is -1.83. The largest absolute Gasteiger partial charge is 0.377 e. The molecule has 0 saturated carbocycles. The molecule has 0 fully saturated rings. The number of likely N-dealkylation sites (N-methyl/N-ethyl adjacent to an activating group) is 1. The Labute approximate surface area is 127 Å². The second-order valence-electron chi connectivity index (χ2n) is 5.18. The number of carbonyl (C=O) groups excluding carboxylic acids is 1. The number of ether oxygens (including phenoxy) is 1. The van der Waals surface area contributed by atoms with Gasteiger partial charge in [-0.25, -0.2) is 0 Å². The average Bonchev–Trinajstić information content (AvgIpc) is 2.45. The van der Waals surface area contributed by atoms with Crippen molar-refractivity contribution >= 4 is 5.91 Å². The topological polar surface area (TPSA) is 55.6 Å². The molecule has 0 atom stereocenters. The van der Waals surface area contributed by atoms with Crippen LogP contribution in [0.3, 0.4) is 0 Å². The summed E-state index contributed by atoms with van der Waals surface area (Å²) in [4.78, 5) is 14.1. The molecule has 0 heterocycles. The maximum atomic E-state index is 12.5. The molecule has 0 aliphatic carbocycles. The van der Waals surface area contributed by atoms with Gasteiger partial charge in [-0.3, -0.25) is 4.79 Å². The van der Waals surface area contributed by atoms with Crippen LogP contribution in [-0.2, 0) is 4.74 Å². The number of nitrogens with two attached hydrogens (primary N) is 1. The number of hydrogen-bond acceptors (Lipinski definition) is 3. The first kappa shape index (κ1) is 17.2. The zero-order valence-electron chi connectivity index (χ0n) is 13.3. The Morgan fingerprint density at radius 2 is 2.14 bits per heavy atom. The van der Waals surface area contributed by atoms with E-state index in [-0.39, 0.29) is 12.0 Å². The predicted molar refractivity (Wildman–Crippen MR) is 85.2 cm³/mol. The van der Waals surface area contributed by atoms with Gasteiger partial charge in [-0.1, -0.05) is 17.9 Å². The van der Waals surface area contributed by atoms with Crippen molar-refractivity contribution in [3.8, 4) is 11.8 Å². The fourth-order valence-electron chi connectivity index (χ4n) is 1.82. The van der Waals surface area contributed by atoms with E-state index in [1.54, 1.807) is 11.9 Å². The van der Waals surface area contributed by atoms with E-state index in [0.29, 0.717) is 25.3 Å². The molecule has 4 nitrogen and oxygen atoms in total. The van der Waals surface area contributed by atoms with Gasteiger partial charge in [0.05, 0.1) is 19.3 Å². The van der Waals surface area contributed by atoms with Crippen LogP contribution in [0.2, 0.25) is 0 Å². The van der Waals surface area contributed by atoms with Gasteiger partial charge in [0.15, 0.2) is 0 Å². The summed E-state index contributed by atoms with van der Waals surface area (Å²) >= 11 is 0. The maximum absolute atomic E-state index is 12.5. The fourth-order valence-corrected chi connectivity index (χ4v) is 1.82. The monoisotopic (exact) mass is 288 g/mol. The summed E-state index contributed by atoms with van der Waals surface area (Å²) in [5.74, 6) is 5.74. The summed E-state index contributed by atoms with van der Waals surface area (Å²) in [5, 5.41) is 0. The first-order valence-electron chi connectivity index (χ1n) is 7.12. The lowest BCUT2D eigenvalue weighted by atomic mass is 10.0. The van der Waals surface area contributed by atoms with E-state index >= 15 is 0 Å². The quantitative estimate of drug-likeness (QED) is 0.841. The van der Waals surface area contributed by atoms with Crippen molar-refractivity contribution in [1.29, 1.82) is 0 Å². The standard InChI is InChI=1S/C17H24N2O2/c1-13(2)21-11-10-19(4)17(20)16-12-15(6-5-9-18)8-7-14(16)3/h7-8,12-13H,9-11,18H2,1-4H3. The fraction of sp³-hybridized carbons (Fsp3) is 0.471. The number of aryl methyl sites for hydroxylation is 1. The van der Waals surface area contributed by atoms with Gasteiger partial charge in [-0.05, 0) is 38.5 Å². The average molecular weight is 288 g/mol. The van der Waals surface area contributed by atoms with Crippen molar-refractivity contribution in [2.45, 2.75) is 26.9 Å². The third kappa shape index (κ3) is 5.58. The van der Waals surface area contributed by atoms with E-state index in [4.69, 9.17) is 10.5 Å². The molecule has 21 heavy (non-hydrogen) atoms. The summed E-state index contributed by atoms with van der Waals surface area (Å²) < 4.78 is 5.48. The SMILES string of the molecule is Cc1ccc(C#CCN)cc1C(=O)N(C)CCOC(C)C. The van der Waals surface area contributed by atoms with Crippen LogP contribution in [0.15, 0.2) is 18.2 Å². The number of nitrogens with zero attached hydrogens (tertiary/aromatic N) is 1. The zero-order valence-corrected chi connectivity index (χ0v) is 13.3. The van der Waals surface area contributed by atoms with E-state index in [9.17, 15) is 4.79 Å². The van der Waals surface area contributed by atoms with Crippen LogP contribution in [0.4, 0.5) is 0 Å². The molecule has 4 heteroatoms. The Balaban J connectivity index is 2.80. The van der Waals surface area contributed by atoms with Crippen LogP contribution in [0.1, 0.15) is 35.3 Å². The molecule has 1 amide bonds. The molecule has 0 aliphatic rings. The van der Waals surface area contributed by atoms with Gasteiger partial charge in [0.2, 0.25) is 0 Å². The van der Waals surface area contributed by atoms with E-state index < -0.39 is 0 Å². The lowest BCUT2D eigenvalue weighted by Crippen LogP contribution is -2.31. The Bertz CT molecular complexity index is 541. The number of amides is 1. The molecule has 0 unspecified atom stereocenters. The van der Waals surface area contributed by atoms with Gasteiger partial charge < -0.3 is 15.4 Å². The number of rotatable bonds is 5. The highest BCUT2D eigenvalue weighted by atomic mass is 16.5. The lowest BCUT2D eigenvalue weighted by Gasteiger charge is -2.19. The summed E-state index contributed by atoms with van der Waals surface area (Å²) in [7, 11) is 1.78. The predicted octanol–water partition coefficient (Wildman–Crippen LogP) is 1.80. The maximum Gasteiger partial charge on any atom is 0.253 e. The van der Waals surface area contributed by atoms with Gasteiger partial charge in [-0.2, -0.15) is 0 Å². The minimum absolute atomic E-state index is 0.0174. The second kappa shape index (κ2) is 8.46. The third-order valence-corrected chi connectivity index (χ3v) is 3.03. The zero-order chi connectivity index (χ0) is 15.8. The number of hydrogen-bond donors (Lipinski definition) is 1. The molecule has 0 bridgehead atoms. The third-order valence-electron chi connectivity index (χ3n) is 3.03. The molecular weight excluding hydrogens is 264 g/mol. The number of benzene rings is 1. The van der Waals surface area contributed by atoms with Crippen molar-refractivity contribution in [3.05, 3.63) is 34.9 Å².